The van der Waals surface area contributed by atoms with Gasteiger partial charge < -0.3 is 10.6 Å². The van der Waals surface area contributed by atoms with Crippen LogP contribution >= 0.6 is 0 Å². The van der Waals surface area contributed by atoms with Gasteiger partial charge in [-0.05, 0) is 38.8 Å². The van der Waals surface area contributed by atoms with E-state index < -0.39 is 0 Å². The normalized spacial score (nSPS) is 14.8. The SMILES string of the molecule is CCN(c1ccc(C)cc1)C(C)(CN)C(C)C. The zero-order chi connectivity index (χ0) is 13.1. The summed E-state index contributed by atoms with van der Waals surface area (Å²) in [7, 11) is 0. The lowest BCUT2D eigenvalue weighted by atomic mass is 9.86. The van der Waals surface area contributed by atoms with Gasteiger partial charge in [-0.15, -0.1) is 0 Å². The summed E-state index contributed by atoms with van der Waals surface area (Å²) in [5.74, 6) is 0.522. The van der Waals surface area contributed by atoms with Crippen LogP contribution in [0.4, 0.5) is 5.69 Å². The van der Waals surface area contributed by atoms with Crippen LogP contribution in [0.1, 0.15) is 33.3 Å². The molecule has 1 atom stereocenters. The molecule has 0 heterocycles. The minimum atomic E-state index is 0.0179. The van der Waals surface area contributed by atoms with E-state index in [0.29, 0.717) is 12.5 Å². The maximum atomic E-state index is 6.01. The van der Waals surface area contributed by atoms with Crippen LogP contribution in [0, 0.1) is 12.8 Å². The summed E-state index contributed by atoms with van der Waals surface area (Å²) in [6.45, 7) is 12.7. The van der Waals surface area contributed by atoms with Gasteiger partial charge in [0.2, 0.25) is 0 Å². The molecule has 0 saturated heterocycles. The van der Waals surface area contributed by atoms with E-state index in [2.05, 4.69) is 63.8 Å². The van der Waals surface area contributed by atoms with Crippen molar-refractivity contribution in [3.8, 4) is 0 Å². The molecule has 0 fully saturated rings. The van der Waals surface area contributed by atoms with E-state index in [-0.39, 0.29) is 5.54 Å². The third-order valence-electron chi connectivity index (χ3n) is 3.94. The monoisotopic (exact) mass is 234 g/mol. The standard InChI is InChI=1S/C15H26N2/c1-6-17(15(5,11-16)12(2)3)14-9-7-13(4)8-10-14/h7-10,12H,6,11,16H2,1-5H3. The fourth-order valence-electron chi connectivity index (χ4n) is 2.22. The first-order chi connectivity index (χ1) is 7.95. The summed E-state index contributed by atoms with van der Waals surface area (Å²) in [5, 5.41) is 0. The molecule has 1 aromatic carbocycles. The van der Waals surface area contributed by atoms with E-state index in [1.54, 1.807) is 0 Å². The van der Waals surface area contributed by atoms with E-state index in [9.17, 15) is 0 Å². The third kappa shape index (κ3) is 2.81. The lowest BCUT2D eigenvalue weighted by molar-refractivity contribution is 0.322. The number of aryl methyl sites for hydroxylation is 1. The number of rotatable bonds is 5. The first kappa shape index (κ1) is 14.0. The van der Waals surface area contributed by atoms with Crippen molar-refractivity contribution in [3.63, 3.8) is 0 Å². The van der Waals surface area contributed by atoms with Crippen LogP contribution in [-0.2, 0) is 0 Å². The second-order valence-corrected chi connectivity index (χ2v) is 5.30. The van der Waals surface area contributed by atoms with Gasteiger partial charge in [0.15, 0.2) is 0 Å². The number of likely N-dealkylation sites (N-methyl/N-ethyl adjacent to an activating group) is 1. The maximum absolute atomic E-state index is 6.01. The highest BCUT2D eigenvalue weighted by Gasteiger charge is 2.33. The molecule has 2 nitrogen and oxygen atoms in total. The van der Waals surface area contributed by atoms with Gasteiger partial charge in [-0.3, -0.25) is 0 Å². The van der Waals surface area contributed by atoms with E-state index in [0.717, 1.165) is 6.54 Å². The molecule has 0 spiro atoms. The Morgan fingerprint density at radius 3 is 2.12 bits per heavy atom. The van der Waals surface area contributed by atoms with Crippen LogP contribution in [-0.4, -0.2) is 18.6 Å². The van der Waals surface area contributed by atoms with E-state index in [1.807, 2.05) is 0 Å². The van der Waals surface area contributed by atoms with Crippen molar-refractivity contribution < 1.29 is 0 Å². The van der Waals surface area contributed by atoms with Crippen molar-refractivity contribution in [1.29, 1.82) is 0 Å². The summed E-state index contributed by atoms with van der Waals surface area (Å²) in [6.07, 6.45) is 0. The smallest absolute Gasteiger partial charge is 0.0518 e. The molecule has 0 aromatic heterocycles. The first-order valence-corrected chi connectivity index (χ1v) is 6.50. The Labute approximate surface area is 106 Å². The lowest BCUT2D eigenvalue weighted by Gasteiger charge is -2.45. The number of anilines is 1. The van der Waals surface area contributed by atoms with Gasteiger partial charge in [-0.2, -0.15) is 0 Å². The molecular weight excluding hydrogens is 208 g/mol. The highest BCUT2D eigenvalue weighted by Crippen LogP contribution is 2.29. The predicted molar refractivity (Wildman–Crippen MR) is 76.5 cm³/mol. The molecule has 1 aromatic rings. The van der Waals surface area contributed by atoms with Crippen molar-refractivity contribution in [2.45, 2.75) is 40.2 Å². The van der Waals surface area contributed by atoms with Crippen molar-refractivity contribution in [1.82, 2.24) is 0 Å². The molecule has 96 valence electrons. The molecule has 2 N–H and O–H groups in total. The van der Waals surface area contributed by atoms with E-state index >= 15 is 0 Å². The average molecular weight is 234 g/mol. The van der Waals surface area contributed by atoms with E-state index in [1.165, 1.54) is 11.3 Å². The van der Waals surface area contributed by atoms with Crippen molar-refractivity contribution in [2.75, 3.05) is 18.0 Å². The summed E-state index contributed by atoms with van der Waals surface area (Å²) in [5.41, 5.74) is 8.59. The zero-order valence-electron chi connectivity index (χ0n) is 11.8. The summed E-state index contributed by atoms with van der Waals surface area (Å²) in [6, 6.07) is 8.70. The Balaban J connectivity index is 3.09. The van der Waals surface area contributed by atoms with Crippen molar-refractivity contribution in [2.24, 2.45) is 11.7 Å². The van der Waals surface area contributed by atoms with Crippen LogP contribution in [0.15, 0.2) is 24.3 Å². The Morgan fingerprint density at radius 1 is 1.24 bits per heavy atom. The van der Waals surface area contributed by atoms with Crippen molar-refractivity contribution in [3.05, 3.63) is 29.8 Å². The fourth-order valence-corrected chi connectivity index (χ4v) is 2.22. The number of nitrogens with zero attached hydrogens (tertiary/aromatic N) is 1. The molecule has 0 aliphatic rings. The summed E-state index contributed by atoms with van der Waals surface area (Å²) >= 11 is 0. The minimum absolute atomic E-state index is 0.0179. The Bertz CT molecular complexity index is 342. The first-order valence-electron chi connectivity index (χ1n) is 6.50. The second kappa shape index (κ2) is 5.54. The minimum Gasteiger partial charge on any atom is -0.365 e. The quantitative estimate of drug-likeness (QED) is 0.847. The molecule has 2 heteroatoms. The maximum Gasteiger partial charge on any atom is 0.0518 e. The fraction of sp³-hybridized carbons (Fsp3) is 0.600. The van der Waals surface area contributed by atoms with Gasteiger partial charge in [0.1, 0.15) is 0 Å². The zero-order valence-corrected chi connectivity index (χ0v) is 11.8. The number of benzene rings is 1. The molecular formula is C15H26N2. The second-order valence-electron chi connectivity index (χ2n) is 5.30. The predicted octanol–water partition coefficient (Wildman–Crippen LogP) is 3.19. The van der Waals surface area contributed by atoms with Gasteiger partial charge >= 0.3 is 0 Å². The molecule has 0 bridgehead atoms. The van der Waals surface area contributed by atoms with E-state index in [4.69, 9.17) is 5.73 Å². The molecule has 1 unspecified atom stereocenters. The van der Waals surface area contributed by atoms with Crippen LogP contribution < -0.4 is 10.6 Å². The molecule has 17 heavy (non-hydrogen) atoms. The van der Waals surface area contributed by atoms with Crippen LogP contribution in [0.2, 0.25) is 0 Å². The highest BCUT2D eigenvalue weighted by atomic mass is 15.2. The summed E-state index contributed by atoms with van der Waals surface area (Å²) < 4.78 is 0. The lowest BCUT2D eigenvalue weighted by Crippen LogP contribution is -2.55. The van der Waals surface area contributed by atoms with Gasteiger partial charge in [0, 0.05) is 18.8 Å². The Kier molecular flexibility index (Phi) is 4.58. The van der Waals surface area contributed by atoms with Crippen LogP contribution in [0.25, 0.3) is 0 Å². The third-order valence-corrected chi connectivity index (χ3v) is 3.94. The number of hydrogen-bond donors (Lipinski definition) is 1. The molecule has 0 aliphatic carbocycles. The Hall–Kier alpha value is -1.02. The number of hydrogen-bond acceptors (Lipinski definition) is 2. The summed E-state index contributed by atoms with van der Waals surface area (Å²) in [4.78, 5) is 2.41. The molecule has 0 amide bonds. The Morgan fingerprint density at radius 2 is 1.76 bits per heavy atom. The average Bonchev–Trinajstić information content (AvgIpc) is 2.31. The molecule has 0 aliphatic heterocycles. The molecule has 1 rings (SSSR count). The molecule has 0 radical (unpaired) electrons. The highest BCUT2D eigenvalue weighted by molar-refractivity contribution is 5.50. The topological polar surface area (TPSA) is 29.3 Å². The van der Waals surface area contributed by atoms with Gasteiger partial charge in [0.25, 0.3) is 0 Å². The van der Waals surface area contributed by atoms with Crippen LogP contribution in [0.5, 0.6) is 0 Å². The van der Waals surface area contributed by atoms with Gasteiger partial charge in [0.05, 0.1) is 5.54 Å². The van der Waals surface area contributed by atoms with Crippen LogP contribution in [0.3, 0.4) is 0 Å². The van der Waals surface area contributed by atoms with Gasteiger partial charge in [-0.1, -0.05) is 31.5 Å². The number of nitrogens with two attached hydrogens (primary N) is 1. The largest absolute Gasteiger partial charge is 0.365 e. The van der Waals surface area contributed by atoms with Crippen molar-refractivity contribution >= 4 is 5.69 Å². The molecule has 0 saturated carbocycles. The van der Waals surface area contributed by atoms with Gasteiger partial charge in [-0.25, -0.2) is 0 Å².